The van der Waals surface area contributed by atoms with Crippen molar-refractivity contribution in [2.75, 3.05) is 57.9 Å². The van der Waals surface area contributed by atoms with Crippen molar-refractivity contribution in [3.8, 4) is 0 Å². The maximum Gasteiger partial charge on any atom is 2.00 e. The number of hydrogen-bond acceptors (Lipinski definition) is 14. The molecule has 0 aromatic carbocycles. The van der Waals surface area contributed by atoms with E-state index in [1.165, 1.54) is 11.8 Å². The number of esters is 2. The molecule has 0 amide bonds. The summed E-state index contributed by atoms with van der Waals surface area (Å²) in [6.07, 6.45) is 4.05. The van der Waals surface area contributed by atoms with Crippen molar-refractivity contribution in [1.82, 2.24) is 30.3 Å². The second-order valence-corrected chi connectivity index (χ2v) is 15.5. The minimum Gasteiger partial charge on any atom is -0.630 e. The van der Waals surface area contributed by atoms with E-state index in [1.54, 1.807) is 11.8 Å². The number of carbonyl (C=O) groups is 3. The molecular formula is C31H45MnN7O6S4. The molecule has 6 bridgehead atoms. The van der Waals surface area contributed by atoms with Gasteiger partial charge in [0, 0.05) is 31.9 Å². The third kappa shape index (κ3) is 13.2. The Kier molecular flexibility index (Phi) is 18.0. The van der Waals surface area contributed by atoms with Gasteiger partial charge in [-0.15, -0.1) is 12.6 Å². The summed E-state index contributed by atoms with van der Waals surface area (Å²) in [6, 6.07) is 3.74. The Morgan fingerprint density at radius 3 is 2.39 bits per heavy atom. The standard InChI is InChI=1S/C31H45N7O6S4.Mn/c1-3-47-30(45)33-12-8-26-29(42)44-23-17-36(2)22-9-13-37(15-20-5-4-6-21(35-20)16-38(26)18-23)25(28(41)43-19-22)7-11-34-31(46)48-14-10-24(32)27(39)40;/h4-6,9,22,24-26H,3,7-8,10-19,32H2,1-2H3,(H,33,45)(H,34,46)(H,39,40);/q-2;+2/t22?,24-,25?,26?;/m0./s1. The number of thioether (sulfide) groups is 2. The Balaban J connectivity index is 0.00000650. The monoisotopic (exact) mass is 794 g/mol. The van der Waals surface area contributed by atoms with E-state index in [4.69, 9.17) is 49.7 Å². The number of carbonyl (C=O) groups excluding carboxylic acids is 2. The third-order valence-electron chi connectivity index (χ3n) is 8.27. The van der Waals surface area contributed by atoms with Crippen LogP contribution in [0.2, 0.25) is 0 Å². The van der Waals surface area contributed by atoms with Gasteiger partial charge in [-0.25, -0.2) is 0 Å². The minimum atomic E-state index is -1.04. The number of pyridine rings is 1. The normalized spacial score (nSPS) is 25.3. The van der Waals surface area contributed by atoms with Crippen molar-refractivity contribution < 1.29 is 46.0 Å². The first-order valence-electron chi connectivity index (χ1n) is 16.0. The number of carboxylic acid groups (broad SMARTS) is 1. The van der Waals surface area contributed by atoms with Crippen LogP contribution in [0, 0.1) is 12.5 Å². The van der Waals surface area contributed by atoms with Crippen molar-refractivity contribution in [3.05, 3.63) is 42.1 Å². The zero-order valence-electron chi connectivity index (χ0n) is 27.7. The summed E-state index contributed by atoms with van der Waals surface area (Å²) in [5.74, 6) is -0.301. The topological polar surface area (TPSA) is 163 Å². The van der Waals surface area contributed by atoms with Gasteiger partial charge in [-0.3, -0.25) is 25.8 Å². The summed E-state index contributed by atoms with van der Waals surface area (Å²) in [4.78, 5) is 49.0. The van der Waals surface area contributed by atoms with Gasteiger partial charge in [-0.1, -0.05) is 80.1 Å². The number of ether oxygens (including phenoxy) is 2. The van der Waals surface area contributed by atoms with Crippen molar-refractivity contribution >= 4 is 74.5 Å². The van der Waals surface area contributed by atoms with Crippen molar-refractivity contribution in [2.24, 2.45) is 5.73 Å². The number of fused-ring (bicyclic) bond motifs is 7. The quantitative estimate of drug-likeness (QED) is 0.110. The van der Waals surface area contributed by atoms with Crippen LogP contribution in [0.1, 0.15) is 37.6 Å². The molecule has 18 heteroatoms. The molecule has 4 heterocycles. The largest absolute Gasteiger partial charge is 2.00 e. The van der Waals surface area contributed by atoms with Gasteiger partial charge in [0.2, 0.25) is 0 Å². The molecule has 0 spiro atoms. The van der Waals surface area contributed by atoms with E-state index in [0.29, 0.717) is 85.6 Å². The predicted molar refractivity (Wildman–Crippen MR) is 195 cm³/mol. The summed E-state index contributed by atoms with van der Waals surface area (Å²) in [7, 11) is 1.94. The van der Waals surface area contributed by atoms with Crippen LogP contribution in [0.15, 0.2) is 18.2 Å². The summed E-state index contributed by atoms with van der Waals surface area (Å²) in [5, 5.41) is 15.4. The van der Waals surface area contributed by atoms with E-state index in [9.17, 15) is 14.4 Å². The van der Waals surface area contributed by atoms with E-state index < -0.39 is 24.1 Å². The number of carboxylic acids is 1. The molecule has 5 unspecified atom stereocenters. The van der Waals surface area contributed by atoms with Crippen LogP contribution in [0.3, 0.4) is 0 Å². The fraction of sp³-hybridized carbons (Fsp3) is 0.613. The molecule has 5 N–H and O–H groups in total. The molecule has 6 atom stereocenters. The second-order valence-electron chi connectivity index (χ2n) is 11.8. The van der Waals surface area contributed by atoms with Crippen molar-refractivity contribution in [2.45, 2.75) is 63.4 Å². The van der Waals surface area contributed by atoms with Crippen LogP contribution in [0.4, 0.5) is 0 Å². The molecule has 3 aliphatic rings. The molecule has 1 aromatic rings. The van der Waals surface area contributed by atoms with Crippen LogP contribution in [-0.4, -0.2) is 133 Å². The third-order valence-corrected chi connectivity index (χ3v) is 10.8. The van der Waals surface area contributed by atoms with Crippen LogP contribution in [-0.2, 0) is 54.0 Å². The smallest absolute Gasteiger partial charge is 0.630 e. The number of cyclic esters (lactones) is 1. The molecule has 1 aromatic heterocycles. The second kappa shape index (κ2) is 21.1. The number of hydrogen-bond donors (Lipinski definition) is 4. The number of nitrogens with two attached hydrogens (primary N) is 1. The van der Waals surface area contributed by atoms with Gasteiger partial charge in [0.25, 0.3) is 5.97 Å². The molecule has 271 valence electrons. The number of rotatable bonds is 11. The molecule has 49 heavy (non-hydrogen) atoms. The molecule has 2 fully saturated rings. The van der Waals surface area contributed by atoms with E-state index >= 15 is 0 Å². The first-order valence-corrected chi connectivity index (χ1v) is 18.8. The van der Waals surface area contributed by atoms with Gasteiger partial charge in [0.05, 0.1) is 18.0 Å². The average Bonchev–Trinajstić information content (AvgIpc) is 3.02. The number of morpholine rings is 1. The fourth-order valence-electron chi connectivity index (χ4n) is 5.70. The number of likely N-dealkylation sites (N-methyl/N-ethyl adjacent to an activating group) is 1. The van der Waals surface area contributed by atoms with Crippen molar-refractivity contribution in [1.29, 1.82) is 0 Å². The number of nitrogens with zero attached hydrogens (tertiary/aromatic N) is 4. The van der Waals surface area contributed by atoms with Crippen LogP contribution >= 0.6 is 48.0 Å². The maximum atomic E-state index is 13.5. The fourth-order valence-corrected chi connectivity index (χ4v) is 7.73. The van der Waals surface area contributed by atoms with Crippen LogP contribution in [0.25, 0.3) is 0 Å². The molecule has 2 saturated heterocycles. The van der Waals surface area contributed by atoms with Crippen molar-refractivity contribution in [3.63, 3.8) is 0 Å². The predicted octanol–water partition coefficient (Wildman–Crippen LogP) is 1.40. The average molecular weight is 795 g/mol. The maximum absolute atomic E-state index is 13.5. The summed E-state index contributed by atoms with van der Waals surface area (Å²) >= 11 is 13.7. The van der Waals surface area contributed by atoms with E-state index in [-0.39, 0.29) is 41.7 Å². The molecule has 0 saturated carbocycles. The van der Waals surface area contributed by atoms with Crippen LogP contribution in [0.5, 0.6) is 0 Å². The Labute approximate surface area is 318 Å². The SMILES string of the molecule is CCSC(=S)NCCC1C(=O)O[C-]2CN(C)C3[CH-]CN(Cc4cccc(n4)CN1C2)C(CCNC(=S)SCC[C@H](N)C(=O)O)C(=O)OC3.[Mn+2]. The van der Waals surface area contributed by atoms with E-state index in [1.807, 2.05) is 37.1 Å². The Morgan fingerprint density at radius 1 is 1.10 bits per heavy atom. The summed E-state index contributed by atoms with van der Waals surface area (Å²) in [5.41, 5.74) is 7.21. The number of aromatic nitrogens is 1. The van der Waals surface area contributed by atoms with Gasteiger partial charge in [0.15, 0.2) is 0 Å². The Hall–Kier alpha value is -1.60. The van der Waals surface area contributed by atoms with Gasteiger partial charge >= 0.3 is 29.0 Å². The van der Waals surface area contributed by atoms with Gasteiger partial charge in [-0.2, -0.15) is 0 Å². The number of nitrogens with one attached hydrogen (secondary N) is 2. The Morgan fingerprint density at radius 2 is 1.73 bits per heavy atom. The molecule has 13 nitrogen and oxygen atoms in total. The Bertz CT molecular complexity index is 1300. The van der Waals surface area contributed by atoms with Gasteiger partial charge in [-0.05, 0) is 44.2 Å². The number of aliphatic carboxylic acids is 1. The van der Waals surface area contributed by atoms with Gasteiger partial charge in [0.1, 0.15) is 26.8 Å². The molecule has 1 radical (unpaired) electrons. The summed E-state index contributed by atoms with van der Waals surface area (Å²) < 4.78 is 13.0. The molecule has 0 aliphatic carbocycles. The first kappa shape index (κ1) is 41.8. The van der Waals surface area contributed by atoms with Gasteiger partial charge < -0.3 is 45.6 Å². The first-order chi connectivity index (χ1) is 23.0. The molecular weight excluding hydrogens is 750 g/mol. The molecule has 3 aliphatic heterocycles. The molecule has 4 rings (SSSR count). The number of thiocarbonyl (C=S) groups is 2. The zero-order chi connectivity index (χ0) is 34.6. The minimum absolute atomic E-state index is 0. The summed E-state index contributed by atoms with van der Waals surface area (Å²) in [6.45, 7) is 5.48. The van der Waals surface area contributed by atoms with E-state index in [2.05, 4.69) is 26.9 Å². The van der Waals surface area contributed by atoms with Crippen LogP contribution < -0.4 is 16.4 Å². The zero-order valence-corrected chi connectivity index (χ0v) is 32.1. The van der Waals surface area contributed by atoms with E-state index in [0.717, 1.165) is 17.1 Å².